The Morgan fingerprint density at radius 3 is 2.55 bits per heavy atom. The topological polar surface area (TPSA) is 50.4 Å². The summed E-state index contributed by atoms with van der Waals surface area (Å²) in [6.45, 7) is 8.38. The predicted octanol–water partition coefficient (Wildman–Crippen LogP) is 6.31. The van der Waals surface area contributed by atoms with Gasteiger partial charge in [-0.15, -0.1) is 0 Å². The number of hydrogen-bond acceptors (Lipinski definition) is 3. The van der Waals surface area contributed by atoms with Crippen LogP contribution in [0.25, 0.3) is 0 Å². The van der Waals surface area contributed by atoms with Crippen molar-refractivity contribution in [1.29, 1.82) is 0 Å². The number of halogens is 2. The van der Waals surface area contributed by atoms with Crippen molar-refractivity contribution in [2.45, 2.75) is 40.5 Å². The van der Waals surface area contributed by atoms with Crippen LogP contribution >= 0.6 is 35.4 Å². The lowest BCUT2D eigenvalue weighted by molar-refractivity contribution is -0.128. The third-order valence-electron chi connectivity index (χ3n) is 4.57. The van der Waals surface area contributed by atoms with Crippen LogP contribution in [0, 0.1) is 19.3 Å². The number of amides is 1. The van der Waals surface area contributed by atoms with Crippen LogP contribution in [0.4, 0.5) is 5.69 Å². The van der Waals surface area contributed by atoms with Crippen molar-refractivity contribution in [2.24, 2.45) is 5.41 Å². The Morgan fingerprint density at radius 1 is 1.14 bits per heavy atom. The predicted molar refractivity (Wildman–Crippen MR) is 125 cm³/mol. The number of nitrogens with one attached hydrogen (secondary N) is 2. The highest BCUT2D eigenvalue weighted by molar-refractivity contribution is 7.80. The Hall–Kier alpha value is -1.82. The minimum absolute atomic E-state index is 0.160. The molecule has 29 heavy (non-hydrogen) atoms. The second-order valence-electron chi connectivity index (χ2n) is 7.64. The number of benzene rings is 2. The molecule has 4 nitrogen and oxygen atoms in total. The molecule has 7 heteroatoms. The first-order valence-electron chi connectivity index (χ1n) is 9.36. The molecular weight excluding hydrogens is 427 g/mol. The van der Waals surface area contributed by atoms with E-state index in [1.165, 1.54) is 0 Å². The molecule has 0 unspecified atom stereocenters. The maximum atomic E-state index is 12.6. The zero-order valence-corrected chi connectivity index (χ0v) is 19.4. The van der Waals surface area contributed by atoms with E-state index < -0.39 is 5.41 Å². The van der Waals surface area contributed by atoms with Crippen LogP contribution in [0.15, 0.2) is 36.4 Å². The summed E-state index contributed by atoms with van der Waals surface area (Å²) in [6, 6.07) is 11.1. The fraction of sp³-hybridized carbons (Fsp3) is 0.364. The van der Waals surface area contributed by atoms with E-state index in [-0.39, 0.29) is 11.0 Å². The van der Waals surface area contributed by atoms with Crippen molar-refractivity contribution in [1.82, 2.24) is 5.32 Å². The lowest BCUT2D eigenvalue weighted by Crippen LogP contribution is -2.42. The number of carbonyl (C=O) groups excluding carboxylic acids is 1. The highest BCUT2D eigenvalue weighted by atomic mass is 35.5. The molecule has 0 saturated carbocycles. The molecule has 2 N–H and O–H groups in total. The molecule has 0 saturated heterocycles. The van der Waals surface area contributed by atoms with Crippen LogP contribution in [0.3, 0.4) is 0 Å². The van der Waals surface area contributed by atoms with Crippen molar-refractivity contribution in [3.05, 3.63) is 57.6 Å². The number of hydrogen-bond donors (Lipinski definition) is 2. The summed E-state index contributed by atoms with van der Waals surface area (Å²) in [5.74, 6) is 0.726. The summed E-state index contributed by atoms with van der Waals surface area (Å²) in [7, 11) is 0. The van der Waals surface area contributed by atoms with E-state index in [4.69, 9.17) is 40.2 Å². The molecule has 0 bridgehead atoms. The van der Waals surface area contributed by atoms with E-state index in [9.17, 15) is 4.79 Å². The van der Waals surface area contributed by atoms with Gasteiger partial charge in [0, 0.05) is 10.4 Å². The fourth-order valence-corrected chi connectivity index (χ4v) is 3.35. The molecular formula is C22H26Cl2N2O2S. The van der Waals surface area contributed by atoms with Gasteiger partial charge >= 0.3 is 0 Å². The summed E-state index contributed by atoms with van der Waals surface area (Å²) < 4.78 is 5.88. The van der Waals surface area contributed by atoms with Crippen LogP contribution in [0.1, 0.15) is 37.8 Å². The van der Waals surface area contributed by atoms with E-state index in [1.54, 1.807) is 18.2 Å². The molecule has 2 aromatic carbocycles. The van der Waals surface area contributed by atoms with Gasteiger partial charge in [-0.1, -0.05) is 49.2 Å². The Kier molecular flexibility index (Phi) is 8.32. The average molecular weight is 453 g/mol. The summed E-state index contributed by atoms with van der Waals surface area (Å²) in [5.41, 5.74) is 2.25. The van der Waals surface area contributed by atoms with Gasteiger partial charge in [0.25, 0.3) is 0 Å². The van der Waals surface area contributed by atoms with Gasteiger partial charge in [-0.25, -0.2) is 0 Å². The second-order valence-corrected chi connectivity index (χ2v) is 8.89. The van der Waals surface area contributed by atoms with E-state index in [2.05, 4.69) is 16.7 Å². The minimum Gasteiger partial charge on any atom is -0.493 e. The van der Waals surface area contributed by atoms with E-state index in [0.717, 1.165) is 23.3 Å². The maximum absolute atomic E-state index is 12.6. The number of aryl methyl sites for hydroxylation is 2. The maximum Gasteiger partial charge on any atom is 0.231 e. The lowest BCUT2D eigenvalue weighted by Gasteiger charge is -2.24. The number of anilines is 1. The third kappa shape index (κ3) is 7.18. The number of ether oxygens (including phenoxy) is 1. The van der Waals surface area contributed by atoms with Gasteiger partial charge in [-0.05, 0) is 74.3 Å². The van der Waals surface area contributed by atoms with Crippen LogP contribution < -0.4 is 15.4 Å². The molecule has 0 aliphatic heterocycles. The molecule has 0 spiro atoms. The SMILES string of the molecule is Cc1ccc(C)c(OCCCC(C)(C)C(=O)NC(=S)Nc2ccc(Cl)cc2Cl)c1. The Labute approximate surface area is 187 Å². The molecule has 0 aromatic heterocycles. The smallest absolute Gasteiger partial charge is 0.231 e. The summed E-state index contributed by atoms with van der Waals surface area (Å²) in [5, 5.41) is 6.81. The lowest BCUT2D eigenvalue weighted by atomic mass is 9.87. The highest BCUT2D eigenvalue weighted by Crippen LogP contribution is 2.26. The van der Waals surface area contributed by atoms with Crippen LogP contribution in [0.2, 0.25) is 10.0 Å². The highest BCUT2D eigenvalue weighted by Gasteiger charge is 2.28. The van der Waals surface area contributed by atoms with Gasteiger partial charge in [0.2, 0.25) is 5.91 Å². The average Bonchev–Trinajstić information content (AvgIpc) is 2.63. The molecule has 0 aliphatic carbocycles. The minimum atomic E-state index is -0.597. The first-order valence-corrected chi connectivity index (χ1v) is 10.5. The van der Waals surface area contributed by atoms with Crippen molar-refractivity contribution in [3.8, 4) is 5.75 Å². The van der Waals surface area contributed by atoms with Gasteiger partial charge in [0.1, 0.15) is 5.75 Å². The quantitative estimate of drug-likeness (QED) is 0.381. The second kappa shape index (κ2) is 10.3. The van der Waals surface area contributed by atoms with Gasteiger partial charge in [-0.2, -0.15) is 0 Å². The molecule has 2 rings (SSSR count). The van der Waals surface area contributed by atoms with Gasteiger partial charge in [0.15, 0.2) is 5.11 Å². The molecule has 156 valence electrons. The Morgan fingerprint density at radius 2 is 1.86 bits per heavy atom. The van der Waals surface area contributed by atoms with Gasteiger partial charge < -0.3 is 15.4 Å². The van der Waals surface area contributed by atoms with Crippen LogP contribution in [-0.4, -0.2) is 17.6 Å². The van der Waals surface area contributed by atoms with E-state index in [0.29, 0.717) is 28.8 Å². The molecule has 0 aliphatic rings. The monoisotopic (exact) mass is 452 g/mol. The third-order valence-corrected chi connectivity index (χ3v) is 5.32. The first kappa shape index (κ1) is 23.5. The summed E-state index contributed by atoms with van der Waals surface area (Å²) in [6.07, 6.45) is 1.41. The zero-order valence-electron chi connectivity index (χ0n) is 17.1. The first-order chi connectivity index (χ1) is 13.6. The van der Waals surface area contributed by atoms with Gasteiger partial charge in [-0.3, -0.25) is 4.79 Å². The van der Waals surface area contributed by atoms with E-state index in [1.807, 2.05) is 39.8 Å². The number of thiocarbonyl (C=S) groups is 1. The van der Waals surface area contributed by atoms with Crippen molar-refractivity contribution >= 4 is 52.1 Å². The van der Waals surface area contributed by atoms with Crippen LogP contribution in [0.5, 0.6) is 5.75 Å². The van der Waals surface area contributed by atoms with Crippen molar-refractivity contribution < 1.29 is 9.53 Å². The molecule has 2 aromatic rings. The Bertz CT molecular complexity index is 900. The molecule has 0 heterocycles. The molecule has 0 fully saturated rings. The van der Waals surface area contributed by atoms with Crippen LogP contribution in [-0.2, 0) is 4.79 Å². The summed E-state index contributed by atoms with van der Waals surface area (Å²) >= 11 is 17.3. The van der Waals surface area contributed by atoms with E-state index >= 15 is 0 Å². The standard InChI is InChI=1S/C22H26Cl2N2O2S/c1-14-6-7-15(2)19(12-14)28-11-5-10-22(3,4)20(27)26-21(29)25-18-9-8-16(23)13-17(18)24/h6-9,12-13H,5,10-11H2,1-4H3,(H2,25,26,27,29). The zero-order chi connectivity index (χ0) is 21.6. The van der Waals surface area contributed by atoms with Crippen molar-refractivity contribution in [3.63, 3.8) is 0 Å². The molecule has 1 amide bonds. The Balaban J connectivity index is 1.82. The van der Waals surface area contributed by atoms with Gasteiger partial charge in [0.05, 0.1) is 17.3 Å². The number of carbonyl (C=O) groups is 1. The largest absolute Gasteiger partial charge is 0.493 e. The van der Waals surface area contributed by atoms with Crippen molar-refractivity contribution in [2.75, 3.05) is 11.9 Å². The normalized spacial score (nSPS) is 11.1. The molecule has 0 radical (unpaired) electrons. The molecule has 0 atom stereocenters. The summed E-state index contributed by atoms with van der Waals surface area (Å²) in [4.78, 5) is 12.6. The number of rotatable bonds is 7. The fourth-order valence-electron chi connectivity index (χ4n) is 2.69.